The molecule has 0 N–H and O–H groups in total. The van der Waals surface area contributed by atoms with Gasteiger partial charge in [0.1, 0.15) is 0 Å². The summed E-state index contributed by atoms with van der Waals surface area (Å²) >= 11 is 0. The summed E-state index contributed by atoms with van der Waals surface area (Å²) in [4.78, 5) is 0. The lowest BCUT2D eigenvalue weighted by Crippen LogP contribution is -2.10. The Morgan fingerprint density at radius 1 is 0.175 bits per heavy atom. The van der Waals surface area contributed by atoms with Crippen molar-refractivity contribution in [3.63, 3.8) is 0 Å². The normalized spacial score (nSPS) is 12.7. The molecule has 582 valence electrons. The molecule has 0 bridgehead atoms. The second-order valence-electron chi connectivity index (χ2n) is 39.2. The molecular weight excluding hydrogens is 1470 g/mol. The summed E-state index contributed by atoms with van der Waals surface area (Å²) < 4.78 is 13.9. The Kier molecular flexibility index (Phi) is 16.4. The van der Waals surface area contributed by atoms with E-state index in [1.165, 1.54) is 33.4 Å². The van der Waals surface area contributed by atoms with E-state index in [-0.39, 0.29) is 65.9 Å². The summed E-state index contributed by atoms with van der Waals surface area (Å²) in [5.74, 6) is 0. The predicted octanol–water partition coefficient (Wildman–Crippen LogP) is 27.3. The number of benzene rings is 13. The van der Waals surface area contributed by atoms with Gasteiger partial charge in [-0.2, -0.15) is 31.6 Å². The minimum Gasteiger partial charge on any atom is -0.309 e. The van der Waals surface area contributed by atoms with E-state index in [0.717, 1.165) is 131 Å². The smallest absolute Gasteiger partial charge is 0.0992 e. The number of aromatic nitrogens is 6. The molecule has 6 heterocycles. The molecule has 0 aliphatic carbocycles. The van der Waals surface area contributed by atoms with Gasteiger partial charge in [0.25, 0.3) is 0 Å². The molecule has 0 atom stereocenters. The van der Waals surface area contributed by atoms with E-state index in [1.807, 2.05) is 36.4 Å². The maximum absolute atomic E-state index is 11.2. The molecule has 0 amide bonds. The second-order valence-corrected chi connectivity index (χ2v) is 39.2. The molecule has 19 rings (SSSR count). The van der Waals surface area contributed by atoms with Gasteiger partial charge in [0.05, 0.1) is 136 Å². The van der Waals surface area contributed by atoms with Gasteiger partial charge in [0.15, 0.2) is 0 Å². The van der Waals surface area contributed by atoms with Crippen molar-refractivity contribution in [2.75, 3.05) is 0 Å². The van der Waals surface area contributed by atoms with Crippen LogP contribution in [0.15, 0.2) is 218 Å². The molecule has 12 nitrogen and oxygen atoms in total. The molecule has 0 unspecified atom stereocenters. The summed E-state index contributed by atoms with van der Waals surface area (Å²) in [6, 6.07) is 92.1. The zero-order valence-electron chi connectivity index (χ0n) is 71.2. The number of hydrogen-bond acceptors (Lipinski definition) is 6. The Labute approximate surface area is 698 Å². The SMILES string of the molecule is CC(C)(C)c1ccc2c(c1)c1cc(C(C)(C)C)ccc1n2-c1ccc2c(c1)c1c(c3c4cc(-n5c6ccc(C(C)(C)C)cc6c6cc(C(C)(C)C)ccc65)ccc4n(-c4cc(C#N)cc(C#N)c4)c3c3c4cc(-n5c6ccc(C(C)(C)C)cc6c6cc(C(C)(C)C)ccc65)ccc4n(-c4cc(C#N)cc(C#N)c4)c13)n2-c1cc(C#N)cc(C#N)c1. The lowest BCUT2D eigenvalue weighted by Gasteiger charge is -2.19. The molecule has 6 aromatic heterocycles. The number of rotatable bonds is 6. The first-order valence-electron chi connectivity index (χ1n) is 41.2. The van der Waals surface area contributed by atoms with E-state index < -0.39 is 0 Å². The summed E-state index contributed by atoms with van der Waals surface area (Å²) in [6.07, 6.45) is 0. The highest BCUT2D eigenvalue weighted by Crippen LogP contribution is 2.54. The van der Waals surface area contributed by atoms with Crippen molar-refractivity contribution < 1.29 is 0 Å². The minimum absolute atomic E-state index is 0.165. The molecule has 0 saturated carbocycles. The topological polar surface area (TPSA) is 172 Å². The Hall–Kier alpha value is -14.4. The first kappa shape index (κ1) is 75.6. The summed E-state index contributed by atoms with van der Waals surface area (Å²) in [7, 11) is 0. The molecule has 0 saturated heterocycles. The van der Waals surface area contributed by atoms with Crippen LogP contribution >= 0.6 is 0 Å². The average Bonchev–Trinajstić information content (AvgIpc) is 1.50. The van der Waals surface area contributed by atoms with Gasteiger partial charge in [-0.3, -0.25) is 0 Å². The molecule has 12 heteroatoms. The first-order valence-corrected chi connectivity index (χ1v) is 41.2. The van der Waals surface area contributed by atoms with E-state index in [1.54, 1.807) is 18.2 Å². The van der Waals surface area contributed by atoms with Crippen molar-refractivity contribution in [1.82, 2.24) is 27.4 Å². The molecule has 0 fully saturated rings. The fraction of sp³-hybridized carbons (Fsp3) is 0.222. The van der Waals surface area contributed by atoms with Crippen LogP contribution in [0.25, 0.3) is 165 Å². The van der Waals surface area contributed by atoms with Crippen LogP contribution < -0.4 is 0 Å². The number of hydrogen-bond donors (Lipinski definition) is 0. The van der Waals surface area contributed by atoms with Crippen LogP contribution in [0.4, 0.5) is 0 Å². The van der Waals surface area contributed by atoms with Crippen LogP contribution in [0, 0.1) is 68.0 Å². The maximum atomic E-state index is 11.2. The van der Waals surface area contributed by atoms with Gasteiger partial charge in [-0.05, 0) is 248 Å². The van der Waals surface area contributed by atoms with Crippen molar-refractivity contribution in [3.05, 3.63) is 285 Å². The fourth-order valence-electron chi connectivity index (χ4n) is 18.8. The van der Waals surface area contributed by atoms with Gasteiger partial charge in [0.2, 0.25) is 0 Å². The third kappa shape index (κ3) is 11.6. The van der Waals surface area contributed by atoms with Gasteiger partial charge in [-0.1, -0.05) is 161 Å². The molecule has 0 aliphatic rings. The van der Waals surface area contributed by atoms with Crippen LogP contribution in [-0.4, -0.2) is 27.4 Å². The maximum Gasteiger partial charge on any atom is 0.0992 e. The van der Waals surface area contributed by atoms with E-state index >= 15 is 0 Å². The van der Waals surface area contributed by atoms with E-state index in [9.17, 15) is 31.6 Å². The molecule has 19 aromatic rings. The molecular formula is C108H90N12. The molecule has 0 radical (unpaired) electrons. The van der Waals surface area contributed by atoms with Crippen molar-refractivity contribution in [2.24, 2.45) is 0 Å². The van der Waals surface area contributed by atoms with E-state index in [4.69, 9.17) is 0 Å². The molecule has 0 aliphatic heterocycles. The monoisotopic (exact) mass is 1550 g/mol. The summed E-state index contributed by atoms with van der Waals surface area (Å²) in [6.45, 7) is 40.6. The Bertz CT molecular complexity index is 7000. The Morgan fingerprint density at radius 2 is 0.342 bits per heavy atom. The van der Waals surface area contributed by atoms with Crippen LogP contribution in [0.3, 0.4) is 0 Å². The predicted molar refractivity (Wildman–Crippen MR) is 493 cm³/mol. The number of nitrogens with zero attached hydrogens (tertiary/aromatic N) is 12. The zero-order chi connectivity index (χ0) is 84.4. The second kappa shape index (κ2) is 26.0. The Balaban J connectivity index is 1.10. The van der Waals surface area contributed by atoms with Crippen molar-refractivity contribution in [2.45, 2.75) is 157 Å². The standard InChI is InChI=1S/C108H90N12/c1-103(2,3)67-19-28-88-79(46-67)80-47-68(104(4,5)6)20-29-89(80)115(88)73-25-34-94-85(52-73)97-100(118(94)76-40-61(55-109)37-62(41-76)56-110)98-87-54-75(117-92-32-23-71(107(13,14)15)50-83(92)84-51-72(108(16,17)18)24-33-93(84)117)27-36-96(87)120(78-44-65(59-113)39-66(45-78)60-114)102(98)99-86-53-74(26-35-95(86)119(101(97)99)77-42-63(57-111)38-64(43-77)58-112)116-90-30-21-69(105(7,8)9)48-81(90)82-49-70(106(10,11)12)22-31-91(82)116/h19-54H,1-18H3. The third-order valence-electron chi connectivity index (χ3n) is 25.1. The van der Waals surface area contributed by atoms with Gasteiger partial charge in [-0.15, -0.1) is 0 Å². The highest BCUT2D eigenvalue weighted by atomic mass is 15.1. The van der Waals surface area contributed by atoms with Crippen molar-refractivity contribution in [1.29, 1.82) is 31.6 Å². The lowest BCUT2D eigenvalue weighted by molar-refractivity contribution is 0.590. The average molecular weight is 1560 g/mol. The molecule has 13 aromatic carbocycles. The van der Waals surface area contributed by atoms with E-state index in [0.29, 0.717) is 33.6 Å². The zero-order valence-corrected chi connectivity index (χ0v) is 71.2. The van der Waals surface area contributed by atoms with Crippen molar-refractivity contribution in [3.8, 4) is 70.5 Å². The summed E-state index contributed by atoms with van der Waals surface area (Å²) in [5.41, 5.74) is 22.8. The quantitative estimate of drug-likeness (QED) is 0.160. The fourth-order valence-corrected chi connectivity index (χ4v) is 18.8. The van der Waals surface area contributed by atoms with Crippen LogP contribution in [-0.2, 0) is 32.5 Å². The summed E-state index contributed by atoms with van der Waals surface area (Å²) in [5, 5.41) is 79.0. The highest BCUT2D eigenvalue weighted by Gasteiger charge is 2.34. The Morgan fingerprint density at radius 3 is 0.508 bits per heavy atom. The van der Waals surface area contributed by atoms with Crippen molar-refractivity contribution >= 4 is 131 Å². The van der Waals surface area contributed by atoms with Gasteiger partial charge < -0.3 is 27.4 Å². The molecule has 120 heavy (non-hydrogen) atoms. The third-order valence-corrected chi connectivity index (χ3v) is 25.1. The van der Waals surface area contributed by atoms with Gasteiger partial charge in [0, 0.05) is 98.8 Å². The number of fused-ring (bicyclic) bond motifs is 21. The lowest BCUT2D eigenvalue weighted by atomic mass is 9.85. The first-order chi connectivity index (χ1) is 57.0. The van der Waals surface area contributed by atoms with Gasteiger partial charge in [-0.25, -0.2) is 0 Å². The highest BCUT2D eigenvalue weighted by molar-refractivity contribution is 6.41. The largest absolute Gasteiger partial charge is 0.309 e. The van der Waals surface area contributed by atoms with Crippen LogP contribution in [0.5, 0.6) is 0 Å². The minimum atomic E-state index is -0.165. The number of nitriles is 6. The van der Waals surface area contributed by atoms with Crippen LogP contribution in [0.2, 0.25) is 0 Å². The van der Waals surface area contributed by atoms with Gasteiger partial charge >= 0.3 is 0 Å². The molecule has 0 spiro atoms. The van der Waals surface area contributed by atoms with Crippen LogP contribution in [0.1, 0.15) is 191 Å². The van der Waals surface area contributed by atoms with E-state index in [2.05, 4.69) is 352 Å².